The van der Waals surface area contributed by atoms with Gasteiger partial charge in [0.25, 0.3) is 23.1 Å². The summed E-state index contributed by atoms with van der Waals surface area (Å²) in [7, 11) is 0. The van der Waals surface area contributed by atoms with Gasteiger partial charge >= 0.3 is 0 Å². The van der Waals surface area contributed by atoms with Gasteiger partial charge in [-0.3, -0.25) is 34.5 Å². The lowest BCUT2D eigenvalue weighted by Crippen LogP contribution is -2.49. The third-order valence-electron chi connectivity index (χ3n) is 5.57. The summed E-state index contributed by atoms with van der Waals surface area (Å²) in [6, 6.07) is 21.4. The van der Waals surface area contributed by atoms with Crippen molar-refractivity contribution in [2.75, 3.05) is 0 Å². The largest absolute Gasteiger partial charge is 0.297 e. The number of amides is 2. The molecule has 182 valence electrons. The SMILES string of the molecule is O=C(Cn1c(=O)cnc2ccccc21)NN1C(=O)/C(=C\c2cccc([N+](=O)[O-])c2)N=C1c1ccccc1. The van der Waals surface area contributed by atoms with Crippen molar-refractivity contribution in [1.29, 1.82) is 0 Å². The molecule has 0 spiro atoms. The van der Waals surface area contributed by atoms with Gasteiger partial charge in [0.1, 0.15) is 12.2 Å². The number of fused-ring (bicyclic) bond motifs is 1. The minimum Gasteiger partial charge on any atom is -0.296 e. The molecule has 11 nitrogen and oxygen atoms in total. The van der Waals surface area contributed by atoms with Crippen LogP contribution in [0.4, 0.5) is 5.69 Å². The zero-order valence-corrected chi connectivity index (χ0v) is 19.1. The Morgan fingerprint density at radius 2 is 1.76 bits per heavy atom. The smallest absolute Gasteiger partial charge is 0.296 e. The second kappa shape index (κ2) is 9.66. The molecule has 2 heterocycles. The minimum absolute atomic E-state index is 0.0221. The van der Waals surface area contributed by atoms with Crippen molar-refractivity contribution >= 4 is 40.4 Å². The van der Waals surface area contributed by atoms with E-state index in [1.54, 1.807) is 60.7 Å². The highest BCUT2D eigenvalue weighted by Gasteiger charge is 2.33. The average molecular weight is 494 g/mol. The van der Waals surface area contributed by atoms with Gasteiger partial charge in [0, 0.05) is 17.7 Å². The number of carbonyl (C=O) groups is 2. The first-order valence-electron chi connectivity index (χ1n) is 11.1. The Kier molecular flexibility index (Phi) is 6.08. The molecule has 1 N–H and O–H groups in total. The van der Waals surface area contributed by atoms with E-state index in [-0.39, 0.29) is 23.8 Å². The molecule has 0 saturated heterocycles. The molecular weight excluding hydrogens is 476 g/mol. The van der Waals surface area contributed by atoms with Crippen LogP contribution < -0.4 is 11.0 Å². The molecule has 0 saturated carbocycles. The molecule has 0 fully saturated rings. The van der Waals surface area contributed by atoms with Crippen LogP contribution in [0.25, 0.3) is 17.1 Å². The summed E-state index contributed by atoms with van der Waals surface area (Å²) in [5.41, 5.74) is 3.90. The van der Waals surface area contributed by atoms with Gasteiger partial charge < -0.3 is 0 Å². The fourth-order valence-corrected chi connectivity index (χ4v) is 3.87. The van der Waals surface area contributed by atoms with Crippen LogP contribution in [0.15, 0.2) is 101 Å². The molecule has 2 amide bonds. The number of aromatic nitrogens is 2. The molecular formula is C26H18N6O5. The molecule has 0 atom stereocenters. The van der Waals surface area contributed by atoms with Gasteiger partial charge in [-0.2, -0.15) is 5.01 Å². The Hall–Kier alpha value is -5.45. The number of benzene rings is 3. The first-order valence-corrected chi connectivity index (χ1v) is 11.1. The van der Waals surface area contributed by atoms with Crippen molar-refractivity contribution in [3.63, 3.8) is 0 Å². The fraction of sp³-hybridized carbons (Fsp3) is 0.0385. The number of non-ortho nitro benzene ring substituents is 1. The topological polar surface area (TPSA) is 140 Å². The molecule has 0 bridgehead atoms. The molecule has 3 aromatic carbocycles. The van der Waals surface area contributed by atoms with Crippen LogP contribution in [-0.2, 0) is 16.1 Å². The van der Waals surface area contributed by atoms with Crippen LogP contribution >= 0.6 is 0 Å². The number of rotatable bonds is 6. The van der Waals surface area contributed by atoms with Crippen molar-refractivity contribution in [3.05, 3.63) is 122 Å². The van der Waals surface area contributed by atoms with Gasteiger partial charge in [0.15, 0.2) is 5.84 Å². The third kappa shape index (κ3) is 4.73. The summed E-state index contributed by atoms with van der Waals surface area (Å²) in [6.07, 6.45) is 2.54. The highest BCUT2D eigenvalue weighted by atomic mass is 16.6. The van der Waals surface area contributed by atoms with Gasteiger partial charge in [-0.1, -0.05) is 54.6 Å². The Labute approximate surface area is 209 Å². The number of aliphatic imine (C=N–C) groups is 1. The predicted molar refractivity (Wildman–Crippen MR) is 135 cm³/mol. The van der Waals surface area contributed by atoms with E-state index < -0.39 is 22.3 Å². The van der Waals surface area contributed by atoms with E-state index in [1.165, 1.54) is 28.8 Å². The Morgan fingerprint density at radius 3 is 2.54 bits per heavy atom. The summed E-state index contributed by atoms with van der Waals surface area (Å²) in [5.74, 6) is -1.10. The number of nitro groups is 1. The summed E-state index contributed by atoms with van der Waals surface area (Å²) >= 11 is 0. The predicted octanol–water partition coefficient (Wildman–Crippen LogP) is 2.67. The number of hydrogen-bond acceptors (Lipinski definition) is 7. The summed E-state index contributed by atoms with van der Waals surface area (Å²) in [5, 5.41) is 12.1. The van der Waals surface area contributed by atoms with E-state index in [4.69, 9.17) is 0 Å². The lowest BCUT2D eigenvalue weighted by molar-refractivity contribution is -0.384. The van der Waals surface area contributed by atoms with Crippen LogP contribution in [0.3, 0.4) is 0 Å². The number of hydrazine groups is 1. The van der Waals surface area contributed by atoms with Crippen molar-refractivity contribution in [2.24, 2.45) is 4.99 Å². The summed E-state index contributed by atoms with van der Waals surface area (Å²) in [4.78, 5) is 57.9. The van der Waals surface area contributed by atoms with Crippen molar-refractivity contribution in [1.82, 2.24) is 20.0 Å². The van der Waals surface area contributed by atoms with Crippen molar-refractivity contribution < 1.29 is 14.5 Å². The second-order valence-electron chi connectivity index (χ2n) is 8.03. The standard InChI is InChI=1S/C26H18N6O5/c33-23(16-30-22-12-5-4-11-20(22)27-15-24(30)34)29-31-25(18-8-2-1-3-9-18)28-21(26(31)35)14-17-7-6-10-19(13-17)32(36)37/h1-15H,16H2,(H,29,33)/b21-14+. The maximum atomic E-state index is 13.3. The minimum atomic E-state index is -0.634. The van der Waals surface area contributed by atoms with Gasteiger partial charge in [-0.25, -0.2) is 9.98 Å². The number of para-hydroxylation sites is 2. The molecule has 37 heavy (non-hydrogen) atoms. The Morgan fingerprint density at radius 1 is 1.00 bits per heavy atom. The van der Waals surface area contributed by atoms with E-state index in [0.717, 1.165) is 11.2 Å². The highest BCUT2D eigenvalue weighted by molar-refractivity contribution is 6.20. The normalized spacial score (nSPS) is 14.2. The van der Waals surface area contributed by atoms with E-state index in [1.807, 2.05) is 0 Å². The van der Waals surface area contributed by atoms with Gasteiger partial charge in [0.2, 0.25) is 0 Å². The maximum absolute atomic E-state index is 13.3. The van der Waals surface area contributed by atoms with Crippen molar-refractivity contribution in [2.45, 2.75) is 6.54 Å². The molecule has 1 aliphatic rings. The highest BCUT2D eigenvalue weighted by Crippen LogP contribution is 2.22. The van der Waals surface area contributed by atoms with Gasteiger partial charge in [0.05, 0.1) is 22.2 Å². The van der Waals surface area contributed by atoms with Gasteiger partial charge in [-0.15, -0.1) is 0 Å². The Bertz CT molecular complexity index is 1680. The number of nitrogens with zero attached hydrogens (tertiary/aromatic N) is 5. The molecule has 1 aliphatic heterocycles. The molecule has 0 aliphatic carbocycles. The van der Waals surface area contributed by atoms with Crippen LogP contribution in [0.1, 0.15) is 11.1 Å². The second-order valence-corrected chi connectivity index (χ2v) is 8.03. The van der Waals surface area contributed by atoms with Crippen molar-refractivity contribution in [3.8, 4) is 0 Å². The number of nitro benzene ring substituents is 1. The van der Waals surface area contributed by atoms with E-state index in [0.29, 0.717) is 22.2 Å². The first-order chi connectivity index (χ1) is 17.9. The van der Waals surface area contributed by atoms with E-state index in [2.05, 4.69) is 15.4 Å². The summed E-state index contributed by atoms with van der Waals surface area (Å²) < 4.78 is 1.26. The quantitative estimate of drug-likeness (QED) is 0.248. The monoisotopic (exact) mass is 494 g/mol. The third-order valence-corrected chi connectivity index (χ3v) is 5.57. The molecule has 11 heteroatoms. The lowest BCUT2D eigenvalue weighted by Gasteiger charge is -2.20. The summed E-state index contributed by atoms with van der Waals surface area (Å²) in [6.45, 7) is -0.363. The van der Waals surface area contributed by atoms with Gasteiger partial charge in [-0.05, 0) is 23.8 Å². The molecule has 4 aromatic rings. The van der Waals surface area contributed by atoms with E-state index >= 15 is 0 Å². The van der Waals surface area contributed by atoms with Crippen LogP contribution in [0, 0.1) is 10.1 Å². The van der Waals surface area contributed by atoms with Crippen LogP contribution in [-0.4, -0.2) is 37.1 Å². The Balaban J connectivity index is 1.47. The fourth-order valence-electron chi connectivity index (χ4n) is 3.87. The average Bonchev–Trinajstić information content (AvgIpc) is 3.21. The van der Waals surface area contributed by atoms with Crippen LogP contribution in [0.2, 0.25) is 0 Å². The van der Waals surface area contributed by atoms with Crippen LogP contribution in [0.5, 0.6) is 0 Å². The number of carbonyl (C=O) groups excluding carboxylic acids is 2. The number of amidine groups is 1. The molecule has 0 radical (unpaired) electrons. The lowest BCUT2D eigenvalue weighted by atomic mass is 10.1. The molecule has 5 rings (SSSR count). The van der Waals surface area contributed by atoms with E-state index in [9.17, 15) is 24.5 Å². The zero-order chi connectivity index (χ0) is 25.9. The number of hydrogen-bond donors (Lipinski definition) is 1. The first kappa shape index (κ1) is 23.3. The molecule has 1 aromatic heterocycles. The maximum Gasteiger partial charge on any atom is 0.297 e. The number of nitrogens with one attached hydrogen (secondary N) is 1. The molecule has 0 unspecified atom stereocenters. The zero-order valence-electron chi connectivity index (χ0n) is 19.1.